The number of piperidine rings is 1. The zero-order chi connectivity index (χ0) is 15.4. The molecular formula is C12H17ClN6O2. The van der Waals surface area contributed by atoms with Gasteiger partial charge in [0.05, 0.1) is 0 Å². The molecule has 1 unspecified atom stereocenters. The fraction of sp³-hybridized carbons (Fsp3) is 0.583. The van der Waals surface area contributed by atoms with E-state index in [9.17, 15) is 9.59 Å². The average Bonchev–Trinajstić information content (AvgIpc) is 2.43. The summed E-state index contributed by atoms with van der Waals surface area (Å²) in [5, 5.41) is 5.22. The Hall–Kier alpha value is -1.96. The van der Waals surface area contributed by atoms with Crippen LogP contribution >= 0.6 is 11.6 Å². The summed E-state index contributed by atoms with van der Waals surface area (Å²) < 4.78 is 0. The Morgan fingerprint density at radius 1 is 1.29 bits per heavy atom. The minimum absolute atomic E-state index is 0.0571. The Kier molecular flexibility index (Phi) is 4.89. The van der Waals surface area contributed by atoms with Gasteiger partial charge in [-0.1, -0.05) is 0 Å². The molecule has 2 amide bonds. The number of anilines is 2. The first-order chi connectivity index (χ1) is 10.0. The molecule has 2 heterocycles. The van der Waals surface area contributed by atoms with Crippen LogP contribution in [0.4, 0.5) is 11.9 Å². The van der Waals surface area contributed by atoms with Crippen molar-refractivity contribution in [2.24, 2.45) is 0 Å². The number of carbonyl (C=O) groups excluding carboxylic acids is 2. The van der Waals surface area contributed by atoms with Crippen LogP contribution in [0.1, 0.15) is 26.7 Å². The Morgan fingerprint density at radius 2 is 2.00 bits per heavy atom. The number of carbonyl (C=O) groups is 2. The van der Waals surface area contributed by atoms with E-state index >= 15 is 0 Å². The van der Waals surface area contributed by atoms with Gasteiger partial charge in [-0.3, -0.25) is 14.9 Å². The van der Waals surface area contributed by atoms with Gasteiger partial charge < -0.3 is 10.2 Å². The van der Waals surface area contributed by atoms with E-state index in [0.717, 1.165) is 13.1 Å². The zero-order valence-electron chi connectivity index (χ0n) is 11.9. The third kappa shape index (κ3) is 3.78. The summed E-state index contributed by atoms with van der Waals surface area (Å²) in [6.45, 7) is 5.42. The van der Waals surface area contributed by atoms with Gasteiger partial charge >= 0.3 is 0 Å². The van der Waals surface area contributed by atoms with Crippen molar-refractivity contribution in [1.82, 2.24) is 20.3 Å². The van der Waals surface area contributed by atoms with Gasteiger partial charge in [-0.05, 0) is 31.9 Å². The molecule has 2 rings (SSSR count). The van der Waals surface area contributed by atoms with Crippen molar-refractivity contribution in [3.63, 3.8) is 0 Å². The first-order valence-electron chi connectivity index (χ1n) is 6.80. The van der Waals surface area contributed by atoms with E-state index in [4.69, 9.17) is 11.6 Å². The molecule has 1 aromatic heterocycles. The molecule has 1 atom stereocenters. The van der Waals surface area contributed by atoms with E-state index in [1.54, 1.807) is 0 Å². The quantitative estimate of drug-likeness (QED) is 0.767. The van der Waals surface area contributed by atoms with Crippen molar-refractivity contribution in [3.8, 4) is 0 Å². The minimum atomic E-state index is -0.550. The number of hydrogen-bond acceptors (Lipinski definition) is 7. The third-order valence-electron chi connectivity index (χ3n) is 3.19. The first kappa shape index (κ1) is 15.4. The number of nitrogens with zero attached hydrogens (tertiary/aromatic N) is 4. The van der Waals surface area contributed by atoms with Gasteiger partial charge in [0.1, 0.15) is 6.04 Å². The largest absolute Gasteiger partial charge is 0.342 e. The van der Waals surface area contributed by atoms with Crippen LogP contribution in [0.15, 0.2) is 0 Å². The lowest BCUT2D eigenvalue weighted by molar-refractivity contribution is -0.133. The molecule has 1 fully saturated rings. The monoisotopic (exact) mass is 312 g/mol. The second-order valence-corrected chi connectivity index (χ2v) is 4.89. The number of halogens is 1. The SMILES string of the molecule is CCN(CC)c1nc(Cl)nc(NC2CCC(=O)NC2=O)n1. The lowest BCUT2D eigenvalue weighted by Crippen LogP contribution is -2.47. The molecule has 1 saturated heterocycles. The molecular weight excluding hydrogens is 296 g/mol. The number of hydrogen-bond donors (Lipinski definition) is 2. The number of amides is 2. The number of nitrogens with one attached hydrogen (secondary N) is 2. The molecule has 1 aromatic rings. The van der Waals surface area contributed by atoms with E-state index in [1.807, 2.05) is 18.7 Å². The van der Waals surface area contributed by atoms with Crippen LogP contribution in [0.3, 0.4) is 0 Å². The summed E-state index contributed by atoms with van der Waals surface area (Å²) in [5.41, 5.74) is 0. The molecule has 0 aromatic carbocycles. The second kappa shape index (κ2) is 6.66. The van der Waals surface area contributed by atoms with Crippen LogP contribution in [0.25, 0.3) is 0 Å². The Labute approximate surface area is 127 Å². The maximum atomic E-state index is 11.7. The van der Waals surface area contributed by atoms with Crippen LogP contribution in [-0.4, -0.2) is 45.9 Å². The lowest BCUT2D eigenvalue weighted by atomic mass is 10.1. The molecule has 1 aliphatic rings. The summed E-state index contributed by atoms with van der Waals surface area (Å²) in [6, 6.07) is -0.550. The number of imide groups is 1. The molecule has 0 aliphatic carbocycles. The highest BCUT2D eigenvalue weighted by Gasteiger charge is 2.27. The second-order valence-electron chi connectivity index (χ2n) is 4.55. The van der Waals surface area contributed by atoms with Gasteiger partial charge in [0, 0.05) is 19.5 Å². The summed E-state index contributed by atoms with van der Waals surface area (Å²) in [7, 11) is 0. The molecule has 0 spiro atoms. The molecule has 9 heteroatoms. The molecule has 2 N–H and O–H groups in total. The third-order valence-corrected chi connectivity index (χ3v) is 3.35. The summed E-state index contributed by atoms with van der Waals surface area (Å²) >= 11 is 5.90. The van der Waals surface area contributed by atoms with E-state index in [2.05, 4.69) is 25.6 Å². The fourth-order valence-electron chi connectivity index (χ4n) is 2.04. The van der Waals surface area contributed by atoms with Gasteiger partial charge in [-0.25, -0.2) is 0 Å². The van der Waals surface area contributed by atoms with Gasteiger partial charge in [0.15, 0.2) is 0 Å². The van der Waals surface area contributed by atoms with E-state index in [1.165, 1.54) is 0 Å². The molecule has 0 bridgehead atoms. The smallest absolute Gasteiger partial charge is 0.249 e. The molecule has 0 radical (unpaired) electrons. The number of rotatable bonds is 5. The number of aromatic nitrogens is 3. The maximum absolute atomic E-state index is 11.7. The van der Waals surface area contributed by atoms with Gasteiger partial charge in [0.2, 0.25) is 29.0 Å². The lowest BCUT2D eigenvalue weighted by Gasteiger charge is -2.23. The van der Waals surface area contributed by atoms with Crippen molar-refractivity contribution >= 4 is 35.3 Å². The van der Waals surface area contributed by atoms with Crippen molar-refractivity contribution < 1.29 is 9.59 Å². The molecule has 0 saturated carbocycles. The van der Waals surface area contributed by atoms with Crippen LogP contribution in [-0.2, 0) is 9.59 Å². The Balaban J connectivity index is 2.16. The zero-order valence-corrected chi connectivity index (χ0v) is 12.6. The summed E-state index contributed by atoms with van der Waals surface area (Å²) in [6.07, 6.45) is 0.680. The first-order valence-corrected chi connectivity index (χ1v) is 7.18. The Bertz CT molecular complexity index is 549. The minimum Gasteiger partial charge on any atom is -0.342 e. The highest BCUT2D eigenvalue weighted by atomic mass is 35.5. The normalized spacial score (nSPS) is 18.3. The summed E-state index contributed by atoms with van der Waals surface area (Å²) in [4.78, 5) is 37.1. The van der Waals surface area contributed by atoms with Crippen molar-refractivity contribution in [2.45, 2.75) is 32.7 Å². The Morgan fingerprint density at radius 3 is 2.62 bits per heavy atom. The van der Waals surface area contributed by atoms with E-state index in [0.29, 0.717) is 12.4 Å². The van der Waals surface area contributed by atoms with Crippen LogP contribution in [0.2, 0.25) is 5.28 Å². The van der Waals surface area contributed by atoms with E-state index in [-0.39, 0.29) is 29.5 Å². The van der Waals surface area contributed by atoms with Crippen LogP contribution < -0.4 is 15.5 Å². The van der Waals surface area contributed by atoms with Crippen LogP contribution in [0, 0.1) is 0 Å². The van der Waals surface area contributed by atoms with Crippen molar-refractivity contribution in [1.29, 1.82) is 0 Å². The maximum Gasteiger partial charge on any atom is 0.249 e. The highest BCUT2D eigenvalue weighted by Crippen LogP contribution is 2.16. The van der Waals surface area contributed by atoms with Gasteiger partial charge in [-0.15, -0.1) is 0 Å². The standard InChI is InChI=1S/C12H17ClN6O2/c1-3-19(4-2)12-17-10(13)16-11(18-12)14-7-5-6-8(20)15-9(7)21/h7H,3-6H2,1-2H3,(H,15,20,21)(H,14,16,17,18). The summed E-state index contributed by atoms with van der Waals surface area (Å²) in [5.74, 6) is 0.0314. The predicted octanol–water partition coefficient (Wildman–Crippen LogP) is 0.588. The van der Waals surface area contributed by atoms with Gasteiger partial charge in [-0.2, -0.15) is 15.0 Å². The van der Waals surface area contributed by atoms with Crippen molar-refractivity contribution in [2.75, 3.05) is 23.3 Å². The molecule has 21 heavy (non-hydrogen) atoms. The average molecular weight is 313 g/mol. The van der Waals surface area contributed by atoms with Crippen LogP contribution in [0.5, 0.6) is 0 Å². The molecule has 1 aliphatic heterocycles. The van der Waals surface area contributed by atoms with Gasteiger partial charge in [0.25, 0.3) is 0 Å². The topological polar surface area (TPSA) is 100 Å². The molecule has 114 valence electrons. The van der Waals surface area contributed by atoms with Crippen molar-refractivity contribution in [3.05, 3.63) is 5.28 Å². The molecule has 8 nitrogen and oxygen atoms in total. The fourth-order valence-corrected chi connectivity index (χ4v) is 2.19. The predicted molar refractivity (Wildman–Crippen MR) is 78.2 cm³/mol. The highest BCUT2D eigenvalue weighted by molar-refractivity contribution is 6.28. The van der Waals surface area contributed by atoms with E-state index < -0.39 is 6.04 Å².